The number of carboxylic acids is 1. The van der Waals surface area contributed by atoms with E-state index in [9.17, 15) is 9.59 Å². The minimum atomic E-state index is -1.14. The first-order chi connectivity index (χ1) is 7.61. The summed E-state index contributed by atoms with van der Waals surface area (Å²) in [7, 11) is 0. The molecule has 0 fully saturated rings. The zero-order chi connectivity index (χ0) is 13.6. The van der Waals surface area contributed by atoms with Crippen molar-refractivity contribution < 1.29 is 24.5 Å². The van der Waals surface area contributed by atoms with Crippen LogP contribution in [0.2, 0.25) is 0 Å². The van der Waals surface area contributed by atoms with Crippen LogP contribution in [0.1, 0.15) is 40.5 Å². The fourth-order valence-corrected chi connectivity index (χ4v) is 1.12. The van der Waals surface area contributed by atoms with E-state index in [0.717, 1.165) is 0 Å². The number of ether oxygens (including phenoxy) is 1. The Labute approximate surface area is 101 Å². The molecule has 2 atom stereocenters. The molecule has 100 valence electrons. The lowest BCUT2D eigenvalue weighted by atomic mass is 10.1. The van der Waals surface area contributed by atoms with Gasteiger partial charge in [-0.3, -0.25) is 0 Å². The summed E-state index contributed by atoms with van der Waals surface area (Å²) in [6.07, 6.45) is -0.910. The number of carbonyl (C=O) groups excluding carboxylic acids is 1. The number of aliphatic hydroxyl groups excluding tert-OH is 1. The highest BCUT2D eigenvalue weighted by atomic mass is 16.6. The van der Waals surface area contributed by atoms with Crippen LogP contribution in [0.15, 0.2) is 0 Å². The van der Waals surface area contributed by atoms with Crippen molar-refractivity contribution in [1.82, 2.24) is 5.32 Å². The molecule has 0 bridgehead atoms. The average Bonchev–Trinajstić information content (AvgIpc) is 2.08. The maximum Gasteiger partial charge on any atom is 0.408 e. The highest BCUT2D eigenvalue weighted by Gasteiger charge is 2.23. The molecule has 0 radical (unpaired) electrons. The standard InChI is InChI=1S/C11H21NO5/c1-7(13)5-6-8(9(14)15)12-10(16)17-11(2,3)4/h7-8,13H,5-6H2,1-4H3,(H,12,16)(H,14,15)/t7-,8+/m1/s1. The molecule has 0 aromatic heterocycles. The highest BCUT2D eigenvalue weighted by molar-refractivity contribution is 5.79. The lowest BCUT2D eigenvalue weighted by Crippen LogP contribution is -2.43. The number of amides is 1. The summed E-state index contributed by atoms with van der Waals surface area (Å²) in [5.41, 5.74) is -0.669. The van der Waals surface area contributed by atoms with Crippen molar-refractivity contribution in [3.05, 3.63) is 0 Å². The SMILES string of the molecule is C[C@@H](O)CC[C@H](NC(=O)OC(C)(C)C)C(=O)O. The predicted molar refractivity (Wildman–Crippen MR) is 61.7 cm³/mol. The second kappa shape index (κ2) is 6.44. The van der Waals surface area contributed by atoms with E-state index >= 15 is 0 Å². The molecule has 0 unspecified atom stereocenters. The molecule has 0 aromatic carbocycles. The Bertz CT molecular complexity index is 270. The third-order valence-corrected chi connectivity index (χ3v) is 1.86. The van der Waals surface area contributed by atoms with Crippen molar-refractivity contribution in [2.24, 2.45) is 0 Å². The highest BCUT2D eigenvalue weighted by Crippen LogP contribution is 2.08. The van der Waals surface area contributed by atoms with E-state index in [4.69, 9.17) is 14.9 Å². The van der Waals surface area contributed by atoms with Gasteiger partial charge >= 0.3 is 12.1 Å². The maximum atomic E-state index is 11.4. The van der Waals surface area contributed by atoms with Gasteiger partial charge in [0.25, 0.3) is 0 Å². The lowest BCUT2D eigenvalue weighted by molar-refractivity contribution is -0.139. The van der Waals surface area contributed by atoms with Crippen molar-refractivity contribution in [1.29, 1.82) is 0 Å². The summed E-state index contributed by atoms with van der Waals surface area (Å²) < 4.78 is 4.95. The molecule has 0 aromatic rings. The Hall–Kier alpha value is -1.30. The van der Waals surface area contributed by atoms with Gasteiger partial charge in [-0.2, -0.15) is 0 Å². The van der Waals surface area contributed by atoms with Crippen LogP contribution in [0.5, 0.6) is 0 Å². The predicted octanol–water partition coefficient (Wildman–Crippen LogP) is 1.13. The van der Waals surface area contributed by atoms with E-state index in [1.165, 1.54) is 0 Å². The maximum absolute atomic E-state index is 11.4. The van der Waals surface area contributed by atoms with Crippen LogP contribution in [0, 0.1) is 0 Å². The van der Waals surface area contributed by atoms with Gasteiger partial charge in [0, 0.05) is 0 Å². The van der Waals surface area contributed by atoms with Gasteiger partial charge in [0.2, 0.25) is 0 Å². The molecule has 6 heteroatoms. The average molecular weight is 247 g/mol. The number of alkyl carbamates (subject to hydrolysis) is 1. The minimum Gasteiger partial charge on any atom is -0.480 e. The quantitative estimate of drug-likeness (QED) is 0.676. The van der Waals surface area contributed by atoms with Crippen LogP contribution in [0.25, 0.3) is 0 Å². The van der Waals surface area contributed by atoms with Gasteiger partial charge in [-0.1, -0.05) is 0 Å². The monoisotopic (exact) mass is 247 g/mol. The van der Waals surface area contributed by atoms with E-state index in [1.54, 1.807) is 27.7 Å². The molecule has 0 saturated heterocycles. The van der Waals surface area contributed by atoms with Crippen LogP contribution >= 0.6 is 0 Å². The first-order valence-corrected chi connectivity index (χ1v) is 5.52. The van der Waals surface area contributed by atoms with Gasteiger partial charge < -0.3 is 20.3 Å². The summed E-state index contributed by atoms with van der Waals surface area (Å²) in [6.45, 7) is 6.64. The zero-order valence-corrected chi connectivity index (χ0v) is 10.7. The van der Waals surface area contributed by atoms with Crippen molar-refractivity contribution in [3.63, 3.8) is 0 Å². The fourth-order valence-electron chi connectivity index (χ4n) is 1.12. The van der Waals surface area contributed by atoms with Crippen LogP contribution in [0.3, 0.4) is 0 Å². The number of hydrogen-bond acceptors (Lipinski definition) is 4. The molecule has 0 aliphatic heterocycles. The molecular weight excluding hydrogens is 226 g/mol. The number of carboxylic acid groups (broad SMARTS) is 1. The van der Waals surface area contributed by atoms with Crippen molar-refractivity contribution in [3.8, 4) is 0 Å². The van der Waals surface area contributed by atoms with Crippen LogP contribution in [-0.4, -0.2) is 40.0 Å². The van der Waals surface area contributed by atoms with Crippen LogP contribution < -0.4 is 5.32 Å². The second-order valence-corrected chi connectivity index (χ2v) is 4.96. The largest absolute Gasteiger partial charge is 0.480 e. The van der Waals surface area contributed by atoms with Gasteiger partial charge in [-0.15, -0.1) is 0 Å². The first kappa shape index (κ1) is 15.7. The Morgan fingerprint density at radius 2 is 1.82 bits per heavy atom. The third kappa shape index (κ3) is 8.50. The molecule has 0 heterocycles. The van der Waals surface area contributed by atoms with Gasteiger partial charge in [0.05, 0.1) is 6.10 Å². The summed E-state index contributed by atoms with van der Waals surface area (Å²) >= 11 is 0. The van der Waals surface area contributed by atoms with Gasteiger partial charge in [-0.25, -0.2) is 9.59 Å². The van der Waals surface area contributed by atoms with E-state index in [-0.39, 0.29) is 6.42 Å². The smallest absolute Gasteiger partial charge is 0.408 e. The third-order valence-electron chi connectivity index (χ3n) is 1.86. The van der Waals surface area contributed by atoms with Crippen LogP contribution in [-0.2, 0) is 9.53 Å². The number of aliphatic carboxylic acids is 1. The van der Waals surface area contributed by atoms with Gasteiger partial charge in [-0.05, 0) is 40.5 Å². The lowest BCUT2D eigenvalue weighted by Gasteiger charge is -2.22. The molecule has 0 spiro atoms. The Kier molecular flexibility index (Phi) is 5.95. The second-order valence-electron chi connectivity index (χ2n) is 4.96. The summed E-state index contributed by atoms with van der Waals surface area (Å²) in [4.78, 5) is 22.2. The molecule has 3 N–H and O–H groups in total. The Morgan fingerprint density at radius 1 is 1.29 bits per heavy atom. The zero-order valence-electron chi connectivity index (χ0n) is 10.7. The van der Waals surface area contributed by atoms with E-state index in [2.05, 4.69) is 5.32 Å². The summed E-state index contributed by atoms with van der Waals surface area (Å²) in [6, 6.07) is -1.04. The normalized spacial score (nSPS) is 14.9. The topological polar surface area (TPSA) is 95.9 Å². The molecule has 1 amide bonds. The number of nitrogens with one attached hydrogen (secondary N) is 1. The summed E-state index contributed by atoms with van der Waals surface area (Å²) in [5, 5.41) is 20.2. The molecule has 0 aliphatic carbocycles. The molecule has 17 heavy (non-hydrogen) atoms. The van der Waals surface area contributed by atoms with Gasteiger partial charge in [0.1, 0.15) is 11.6 Å². The number of aliphatic hydroxyl groups is 1. The Balaban J connectivity index is 4.26. The molecule has 0 aliphatic rings. The van der Waals surface area contributed by atoms with E-state index in [1.807, 2.05) is 0 Å². The molecule has 0 saturated carbocycles. The van der Waals surface area contributed by atoms with E-state index in [0.29, 0.717) is 6.42 Å². The number of rotatable bonds is 5. The van der Waals surface area contributed by atoms with Crippen molar-refractivity contribution in [2.75, 3.05) is 0 Å². The minimum absolute atomic E-state index is 0.159. The van der Waals surface area contributed by atoms with E-state index < -0.39 is 29.8 Å². The fraction of sp³-hybridized carbons (Fsp3) is 0.818. The number of carbonyl (C=O) groups is 2. The molecular formula is C11H21NO5. The first-order valence-electron chi connectivity index (χ1n) is 5.52. The Morgan fingerprint density at radius 3 is 2.18 bits per heavy atom. The summed E-state index contributed by atoms with van der Waals surface area (Å²) in [5.74, 6) is -1.14. The number of hydrogen-bond donors (Lipinski definition) is 3. The molecule has 0 rings (SSSR count). The molecule has 6 nitrogen and oxygen atoms in total. The van der Waals surface area contributed by atoms with Crippen molar-refractivity contribution >= 4 is 12.1 Å². The van der Waals surface area contributed by atoms with Crippen molar-refractivity contribution in [2.45, 2.75) is 58.3 Å². The van der Waals surface area contributed by atoms with Crippen LogP contribution in [0.4, 0.5) is 4.79 Å². The van der Waals surface area contributed by atoms with Gasteiger partial charge in [0.15, 0.2) is 0 Å².